The van der Waals surface area contributed by atoms with E-state index in [-0.39, 0.29) is 0 Å². The molecule has 0 aromatic heterocycles. The molecule has 78 valence electrons. The van der Waals surface area contributed by atoms with Crippen LogP contribution >= 0.6 is 0 Å². The molecule has 1 unspecified atom stereocenters. The molecule has 0 aliphatic rings. The van der Waals surface area contributed by atoms with Crippen LogP contribution in [0.4, 0.5) is 0 Å². The minimum atomic E-state index is 0.350. The lowest BCUT2D eigenvalue weighted by molar-refractivity contribution is 0.414. The molecular formula is C11H18N2O. The molecule has 0 amide bonds. The van der Waals surface area contributed by atoms with Gasteiger partial charge in [0, 0.05) is 6.04 Å². The van der Waals surface area contributed by atoms with Crippen LogP contribution in [0.3, 0.4) is 0 Å². The molecule has 3 nitrogen and oxygen atoms in total. The number of ether oxygens (including phenoxy) is 1. The van der Waals surface area contributed by atoms with Crippen LogP contribution in [0.15, 0.2) is 24.3 Å². The Balaban J connectivity index is 2.58. The van der Waals surface area contributed by atoms with Crippen LogP contribution in [0.2, 0.25) is 0 Å². The Hall–Kier alpha value is -1.06. The quantitative estimate of drug-likeness (QED) is 0.551. The molecule has 0 aliphatic heterocycles. The third-order valence-electron chi connectivity index (χ3n) is 2.37. The molecule has 0 saturated carbocycles. The smallest absolute Gasteiger partial charge is 0.118 e. The Bertz CT molecular complexity index is 254. The van der Waals surface area contributed by atoms with E-state index < -0.39 is 0 Å². The summed E-state index contributed by atoms with van der Waals surface area (Å²) in [5.74, 6) is 6.30. The van der Waals surface area contributed by atoms with E-state index in [1.165, 1.54) is 5.56 Å². The molecule has 1 aromatic carbocycles. The van der Waals surface area contributed by atoms with Gasteiger partial charge in [0.2, 0.25) is 0 Å². The van der Waals surface area contributed by atoms with Gasteiger partial charge in [-0.2, -0.15) is 0 Å². The van der Waals surface area contributed by atoms with Crippen LogP contribution in [0.5, 0.6) is 5.75 Å². The van der Waals surface area contributed by atoms with E-state index in [1.807, 2.05) is 12.1 Å². The number of methoxy groups -OCH3 is 1. The largest absolute Gasteiger partial charge is 0.497 e. The fraction of sp³-hybridized carbons (Fsp3) is 0.455. The molecule has 3 N–H and O–H groups in total. The van der Waals surface area contributed by atoms with Crippen LogP contribution in [-0.4, -0.2) is 13.2 Å². The second kappa shape index (κ2) is 5.62. The Labute approximate surface area is 85.2 Å². The first-order chi connectivity index (χ1) is 6.80. The summed E-state index contributed by atoms with van der Waals surface area (Å²) < 4.78 is 5.09. The molecule has 1 rings (SSSR count). The zero-order chi connectivity index (χ0) is 10.4. The molecule has 14 heavy (non-hydrogen) atoms. The van der Waals surface area contributed by atoms with Gasteiger partial charge < -0.3 is 4.74 Å². The Morgan fingerprint density at radius 1 is 1.36 bits per heavy atom. The number of hydrazine groups is 1. The van der Waals surface area contributed by atoms with Gasteiger partial charge in [0.1, 0.15) is 5.75 Å². The van der Waals surface area contributed by atoms with E-state index >= 15 is 0 Å². The fourth-order valence-electron chi connectivity index (χ4n) is 1.37. The highest BCUT2D eigenvalue weighted by Gasteiger charge is 2.04. The Morgan fingerprint density at radius 3 is 2.43 bits per heavy atom. The van der Waals surface area contributed by atoms with Gasteiger partial charge in [-0.15, -0.1) is 0 Å². The summed E-state index contributed by atoms with van der Waals surface area (Å²) in [6.07, 6.45) is 1.99. The molecule has 1 aromatic rings. The average molecular weight is 194 g/mol. The highest BCUT2D eigenvalue weighted by atomic mass is 16.5. The van der Waals surface area contributed by atoms with Gasteiger partial charge in [-0.05, 0) is 30.5 Å². The van der Waals surface area contributed by atoms with E-state index in [0.717, 1.165) is 18.6 Å². The van der Waals surface area contributed by atoms with Crippen molar-refractivity contribution in [2.24, 2.45) is 5.84 Å². The Kier molecular flexibility index (Phi) is 4.43. The first kappa shape index (κ1) is 11.0. The second-order valence-corrected chi connectivity index (χ2v) is 3.32. The molecule has 0 fully saturated rings. The molecule has 0 aliphatic carbocycles. The maximum atomic E-state index is 5.41. The van der Waals surface area contributed by atoms with Crippen molar-refractivity contribution >= 4 is 0 Å². The molecule has 1 atom stereocenters. The molecule has 0 bridgehead atoms. The predicted molar refractivity (Wildman–Crippen MR) is 58.1 cm³/mol. The number of nitrogens with two attached hydrogens (primary N) is 1. The molecule has 0 heterocycles. The molecule has 0 radical (unpaired) electrons. The highest BCUT2D eigenvalue weighted by molar-refractivity contribution is 5.27. The van der Waals surface area contributed by atoms with Crippen LogP contribution in [-0.2, 0) is 6.42 Å². The van der Waals surface area contributed by atoms with Crippen molar-refractivity contribution in [2.75, 3.05) is 7.11 Å². The third-order valence-corrected chi connectivity index (χ3v) is 2.37. The van der Waals surface area contributed by atoms with E-state index in [0.29, 0.717) is 6.04 Å². The summed E-state index contributed by atoms with van der Waals surface area (Å²) in [5, 5.41) is 0. The van der Waals surface area contributed by atoms with Gasteiger partial charge in [-0.25, -0.2) is 0 Å². The minimum absolute atomic E-state index is 0.350. The number of nitrogens with one attached hydrogen (secondary N) is 1. The van der Waals surface area contributed by atoms with Crippen LogP contribution in [0.25, 0.3) is 0 Å². The maximum absolute atomic E-state index is 5.41. The third kappa shape index (κ3) is 3.01. The first-order valence-corrected chi connectivity index (χ1v) is 4.89. The van der Waals surface area contributed by atoms with E-state index in [4.69, 9.17) is 10.6 Å². The summed E-state index contributed by atoms with van der Waals surface area (Å²) >= 11 is 0. The monoisotopic (exact) mass is 194 g/mol. The van der Waals surface area contributed by atoms with Crippen molar-refractivity contribution in [2.45, 2.75) is 25.8 Å². The summed E-state index contributed by atoms with van der Waals surface area (Å²) in [6.45, 7) is 2.12. The van der Waals surface area contributed by atoms with Crippen molar-refractivity contribution in [1.82, 2.24) is 5.43 Å². The van der Waals surface area contributed by atoms with Crippen LogP contribution in [0.1, 0.15) is 18.9 Å². The van der Waals surface area contributed by atoms with Crippen molar-refractivity contribution in [3.8, 4) is 5.75 Å². The first-order valence-electron chi connectivity index (χ1n) is 4.89. The van der Waals surface area contributed by atoms with Crippen molar-refractivity contribution in [1.29, 1.82) is 0 Å². The highest BCUT2D eigenvalue weighted by Crippen LogP contribution is 2.13. The molecule has 0 spiro atoms. The topological polar surface area (TPSA) is 47.3 Å². The summed E-state index contributed by atoms with van der Waals surface area (Å²) in [4.78, 5) is 0. The lowest BCUT2D eigenvalue weighted by Crippen LogP contribution is -2.36. The van der Waals surface area contributed by atoms with Crippen LogP contribution < -0.4 is 16.0 Å². The maximum Gasteiger partial charge on any atom is 0.118 e. The molecule has 3 heteroatoms. The molecular weight excluding hydrogens is 176 g/mol. The van der Waals surface area contributed by atoms with E-state index in [1.54, 1.807) is 7.11 Å². The molecule has 0 saturated heterocycles. The summed E-state index contributed by atoms with van der Waals surface area (Å²) in [5.41, 5.74) is 4.07. The number of hydrogen-bond donors (Lipinski definition) is 2. The minimum Gasteiger partial charge on any atom is -0.497 e. The summed E-state index contributed by atoms with van der Waals surface area (Å²) in [7, 11) is 1.67. The standard InChI is InChI=1S/C11H18N2O/c1-3-10(13-12)8-9-4-6-11(14-2)7-5-9/h4-7,10,13H,3,8,12H2,1-2H3. The average Bonchev–Trinajstić information content (AvgIpc) is 2.26. The second-order valence-electron chi connectivity index (χ2n) is 3.32. The van der Waals surface area contributed by atoms with Gasteiger partial charge in [-0.1, -0.05) is 19.1 Å². The lowest BCUT2D eigenvalue weighted by atomic mass is 10.0. The van der Waals surface area contributed by atoms with E-state index in [2.05, 4.69) is 24.5 Å². The van der Waals surface area contributed by atoms with Crippen molar-refractivity contribution in [3.05, 3.63) is 29.8 Å². The van der Waals surface area contributed by atoms with Gasteiger partial charge in [0.15, 0.2) is 0 Å². The zero-order valence-corrected chi connectivity index (χ0v) is 8.79. The normalized spacial score (nSPS) is 12.5. The van der Waals surface area contributed by atoms with Gasteiger partial charge >= 0.3 is 0 Å². The van der Waals surface area contributed by atoms with Gasteiger partial charge in [0.05, 0.1) is 7.11 Å². The van der Waals surface area contributed by atoms with Gasteiger partial charge in [-0.3, -0.25) is 11.3 Å². The van der Waals surface area contributed by atoms with Gasteiger partial charge in [0.25, 0.3) is 0 Å². The van der Waals surface area contributed by atoms with Crippen LogP contribution in [0, 0.1) is 0 Å². The Morgan fingerprint density at radius 2 is 2.00 bits per heavy atom. The predicted octanol–water partition coefficient (Wildman–Crippen LogP) is 1.48. The summed E-state index contributed by atoms with van der Waals surface area (Å²) in [6, 6.07) is 8.43. The fourth-order valence-corrected chi connectivity index (χ4v) is 1.37. The zero-order valence-electron chi connectivity index (χ0n) is 8.79. The van der Waals surface area contributed by atoms with E-state index in [9.17, 15) is 0 Å². The number of rotatable bonds is 5. The SMILES string of the molecule is CCC(Cc1ccc(OC)cc1)NN. The lowest BCUT2D eigenvalue weighted by Gasteiger charge is -2.13. The van der Waals surface area contributed by atoms with Crippen molar-refractivity contribution in [3.63, 3.8) is 0 Å². The number of benzene rings is 1. The number of hydrogen-bond acceptors (Lipinski definition) is 3. The van der Waals surface area contributed by atoms with Crippen molar-refractivity contribution < 1.29 is 4.74 Å².